The van der Waals surface area contributed by atoms with Crippen LogP contribution in [0.3, 0.4) is 0 Å². The van der Waals surface area contributed by atoms with Crippen molar-refractivity contribution < 1.29 is 22.7 Å². The Morgan fingerprint density at radius 3 is 2.50 bits per heavy atom. The molecular formula is C15H20N4O5S2. The molecule has 1 aromatic heterocycles. The summed E-state index contributed by atoms with van der Waals surface area (Å²) >= 11 is 0.780. The quantitative estimate of drug-likeness (QED) is 0.650. The number of hydrogen-bond donors (Lipinski definition) is 2. The molecule has 1 heterocycles. The number of benzene rings is 1. The highest BCUT2D eigenvalue weighted by molar-refractivity contribution is 7.91. The Hall–Kier alpha value is -2.24. The second-order valence-electron chi connectivity index (χ2n) is 5.25. The number of carbonyl (C=O) groups excluding carboxylic acids is 1. The zero-order valence-corrected chi connectivity index (χ0v) is 16.4. The van der Waals surface area contributed by atoms with Crippen LogP contribution in [-0.4, -0.2) is 38.7 Å². The molecule has 9 nitrogen and oxygen atoms in total. The molecule has 1 atom stereocenters. The van der Waals surface area contributed by atoms with Gasteiger partial charge in [-0.2, -0.15) is 0 Å². The molecule has 0 saturated carbocycles. The van der Waals surface area contributed by atoms with Crippen LogP contribution in [0.25, 0.3) is 0 Å². The fourth-order valence-corrected chi connectivity index (χ4v) is 4.48. The van der Waals surface area contributed by atoms with E-state index in [0.717, 1.165) is 16.9 Å². The SMILES string of the molecule is CC[C@H](NS(=O)(=O)c1nnc(NC(C)=O)s1)c1ccc(OC)c(OC)c1. The molecule has 0 aliphatic carbocycles. The molecule has 1 aromatic carbocycles. The second kappa shape index (κ2) is 8.43. The van der Waals surface area contributed by atoms with E-state index in [1.54, 1.807) is 18.2 Å². The first kappa shape index (κ1) is 20.1. The van der Waals surface area contributed by atoms with Gasteiger partial charge < -0.3 is 14.8 Å². The third-order valence-corrected chi connectivity index (χ3v) is 6.11. The molecule has 0 spiro atoms. The zero-order chi connectivity index (χ0) is 19.3. The monoisotopic (exact) mass is 400 g/mol. The van der Waals surface area contributed by atoms with Crippen LogP contribution < -0.4 is 19.5 Å². The molecule has 0 saturated heterocycles. The number of anilines is 1. The predicted octanol–water partition coefficient (Wildman–Crippen LogP) is 1.94. The molecular weight excluding hydrogens is 380 g/mol. The molecule has 2 rings (SSSR count). The molecule has 0 unspecified atom stereocenters. The first-order valence-corrected chi connectivity index (χ1v) is 9.96. The van der Waals surface area contributed by atoms with Crippen molar-refractivity contribution in [3.05, 3.63) is 23.8 Å². The number of nitrogens with zero attached hydrogens (tertiary/aromatic N) is 2. The lowest BCUT2D eigenvalue weighted by molar-refractivity contribution is -0.114. The zero-order valence-electron chi connectivity index (χ0n) is 14.8. The van der Waals surface area contributed by atoms with E-state index in [2.05, 4.69) is 20.2 Å². The fraction of sp³-hybridized carbons (Fsp3) is 0.400. The number of amides is 1. The molecule has 0 bridgehead atoms. The van der Waals surface area contributed by atoms with Gasteiger partial charge in [-0.1, -0.05) is 24.3 Å². The van der Waals surface area contributed by atoms with Gasteiger partial charge in [-0.3, -0.25) is 4.79 Å². The Bertz CT molecular complexity index is 882. The highest BCUT2D eigenvalue weighted by Crippen LogP contribution is 2.31. The summed E-state index contributed by atoms with van der Waals surface area (Å²) in [7, 11) is -0.860. The van der Waals surface area contributed by atoms with Crippen LogP contribution in [0.15, 0.2) is 22.5 Å². The summed E-state index contributed by atoms with van der Waals surface area (Å²) in [4.78, 5) is 11.0. The first-order chi connectivity index (χ1) is 12.3. The van der Waals surface area contributed by atoms with E-state index in [-0.39, 0.29) is 15.4 Å². The smallest absolute Gasteiger partial charge is 0.270 e. The van der Waals surface area contributed by atoms with Crippen molar-refractivity contribution in [3.8, 4) is 11.5 Å². The van der Waals surface area contributed by atoms with Gasteiger partial charge in [0.1, 0.15) is 0 Å². The van der Waals surface area contributed by atoms with Gasteiger partial charge in [-0.05, 0) is 24.1 Å². The van der Waals surface area contributed by atoms with Gasteiger partial charge >= 0.3 is 0 Å². The molecule has 142 valence electrons. The van der Waals surface area contributed by atoms with Gasteiger partial charge in [0.15, 0.2) is 11.5 Å². The normalized spacial score (nSPS) is 12.5. The van der Waals surface area contributed by atoms with E-state index in [4.69, 9.17) is 9.47 Å². The summed E-state index contributed by atoms with van der Waals surface area (Å²) in [5.41, 5.74) is 0.723. The van der Waals surface area contributed by atoms with Gasteiger partial charge in [0.05, 0.1) is 14.2 Å². The van der Waals surface area contributed by atoms with Crippen molar-refractivity contribution in [2.24, 2.45) is 0 Å². The van der Waals surface area contributed by atoms with Gasteiger partial charge in [0, 0.05) is 13.0 Å². The molecule has 26 heavy (non-hydrogen) atoms. The molecule has 1 amide bonds. The van der Waals surface area contributed by atoms with Crippen molar-refractivity contribution in [1.82, 2.24) is 14.9 Å². The molecule has 0 aliphatic rings. The number of carbonyl (C=O) groups is 1. The largest absolute Gasteiger partial charge is 0.493 e. The standard InChI is InChI=1S/C15H20N4O5S2/c1-5-11(10-6-7-12(23-3)13(8-10)24-4)19-26(21,22)15-18-17-14(25-15)16-9(2)20/h6-8,11,19H,5H2,1-4H3,(H,16,17,20)/t11-/m0/s1. The van der Waals surface area contributed by atoms with Crippen molar-refractivity contribution in [3.63, 3.8) is 0 Å². The highest BCUT2D eigenvalue weighted by atomic mass is 32.2. The van der Waals surface area contributed by atoms with E-state index in [0.29, 0.717) is 17.9 Å². The Balaban J connectivity index is 2.25. The van der Waals surface area contributed by atoms with Crippen molar-refractivity contribution >= 4 is 32.4 Å². The summed E-state index contributed by atoms with van der Waals surface area (Å²) in [5, 5.41) is 9.83. The summed E-state index contributed by atoms with van der Waals surface area (Å²) < 4.78 is 38.0. The van der Waals surface area contributed by atoms with Crippen molar-refractivity contribution in [2.75, 3.05) is 19.5 Å². The molecule has 11 heteroatoms. The Kier molecular flexibility index (Phi) is 6.51. The summed E-state index contributed by atoms with van der Waals surface area (Å²) in [6.45, 7) is 3.16. The van der Waals surface area contributed by atoms with E-state index in [1.807, 2.05) is 6.92 Å². The summed E-state index contributed by atoms with van der Waals surface area (Å²) in [6.07, 6.45) is 0.506. The van der Waals surface area contributed by atoms with Gasteiger partial charge in [-0.15, -0.1) is 10.2 Å². The van der Waals surface area contributed by atoms with E-state index < -0.39 is 16.1 Å². The predicted molar refractivity (Wildman–Crippen MR) is 97.1 cm³/mol. The number of sulfonamides is 1. The van der Waals surface area contributed by atoms with Gasteiger partial charge in [0.2, 0.25) is 15.4 Å². The minimum absolute atomic E-state index is 0.122. The van der Waals surface area contributed by atoms with Crippen LogP contribution in [-0.2, 0) is 14.8 Å². The van der Waals surface area contributed by atoms with E-state index in [1.165, 1.54) is 21.1 Å². The van der Waals surface area contributed by atoms with Crippen LogP contribution in [0.2, 0.25) is 0 Å². The number of rotatable bonds is 8. The molecule has 0 fully saturated rings. The van der Waals surface area contributed by atoms with Gasteiger partial charge in [0.25, 0.3) is 10.0 Å². The summed E-state index contributed by atoms with van der Waals surface area (Å²) in [6, 6.07) is 4.71. The lowest BCUT2D eigenvalue weighted by Crippen LogP contribution is -2.28. The summed E-state index contributed by atoms with van der Waals surface area (Å²) in [5.74, 6) is 0.708. The molecule has 0 radical (unpaired) electrons. The third kappa shape index (κ3) is 4.68. The van der Waals surface area contributed by atoms with Crippen molar-refractivity contribution in [2.45, 2.75) is 30.6 Å². The first-order valence-electron chi connectivity index (χ1n) is 7.66. The van der Waals surface area contributed by atoms with Crippen LogP contribution in [0, 0.1) is 0 Å². The number of nitrogens with one attached hydrogen (secondary N) is 2. The molecule has 2 N–H and O–H groups in total. The average molecular weight is 400 g/mol. The number of ether oxygens (including phenoxy) is 2. The number of aromatic nitrogens is 2. The number of hydrogen-bond acceptors (Lipinski definition) is 8. The molecule has 2 aromatic rings. The van der Waals surface area contributed by atoms with Gasteiger partial charge in [-0.25, -0.2) is 13.1 Å². The third-order valence-electron chi connectivity index (χ3n) is 3.43. The maximum atomic E-state index is 12.6. The minimum atomic E-state index is -3.90. The Morgan fingerprint density at radius 2 is 1.92 bits per heavy atom. The Morgan fingerprint density at radius 1 is 1.23 bits per heavy atom. The average Bonchev–Trinajstić information content (AvgIpc) is 3.07. The van der Waals surface area contributed by atoms with Crippen LogP contribution in [0.4, 0.5) is 5.13 Å². The van der Waals surface area contributed by atoms with Crippen LogP contribution >= 0.6 is 11.3 Å². The number of methoxy groups -OCH3 is 2. The second-order valence-corrected chi connectivity index (χ2v) is 8.12. The lowest BCUT2D eigenvalue weighted by Gasteiger charge is -2.18. The fourth-order valence-electron chi connectivity index (χ4n) is 2.21. The maximum absolute atomic E-state index is 12.6. The highest BCUT2D eigenvalue weighted by Gasteiger charge is 2.25. The van der Waals surface area contributed by atoms with Crippen molar-refractivity contribution in [1.29, 1.82) is 0 Å². The lowest BCUT2D eigenvalue weighted by atomic mass is 10.1. The van der Waals surface area contributed by atoms with Crippen LogP contribution in [0.5, 0.6) is 11.5 Å². The van der Waals surface area contributed by atoms with Crippen LogP contribution in [0.1, 0.15) is 31.9 Å². The molecule has 0 aliphatic heterocycles. The Labute approximate surface area is 155 Å². The minimum Gasteiger partial charge on any atom is -0.493 e. The van der Waals surface area contributed by atoms with E-state index in [9.17, 15) is 13.2 Å². The topological polar surface area (TPSA) is 120 Å². The maximum Gasteiger partial charge on any atom is 0.270 e. The van der Waals surface area contributed by atoms with E-state index >= 15 is 0 Å².